The molecule has 8 heteroatoms. The van der Waals surface area contributed by atoms with Crippen molar-refractivity contribution in [2.75, 3.05) is 32.2 Å². The molecule has 0 unspecified atom stereocenters. The van der Waals surface area contributed by atoms with Crippen LogP contribution in [0.1, 0.15) is 25.8 Å². The van der Waals surface area contributed by atoms with Gasteiger partial charge < -0.3 is 19.7 Å². The average Bonchev–Trinajstić information content (AvgIpc) is 2.94. The first kappa shape index (κ1) is 21.4. The zero-order valence-corrected chi connectivity index (χ0v) is 16.4. The predicted octanol–water partition coefficient (Wildman–Crippen LogP) is 1.88. The van der Waals surface area contributed by atoms with Gasteiger partial charge in [-0.2, -0.15) is 0 Å². The van der Waals surface area contributed by atoms with Gasteiger partial charge in [-0.3, -0.25) is 4.99 Å². The molecule has 0 bridgehead atoms. The summed E-state index contributed by atoms with van der Waals surface area (Å²) in [6, 6.07) is 5.44. The van der Waals surface area contributed by atoms with Gasteiger partial charge in [-0.25, -0.2) is 0 Å². The van der Waals surface area contributed by atoms with E-state index in [9.17, 15) is 5.11 Å². The van der Waals surface area contributed by atoms with Crippen LogP contribution in [-0.2, 0) is 4.74 Å². The Bertz CT molecular complexity index is 553. The minimum atomic E-state index is -0.0934. The number of hydrogen-bond donors (Lipinski definition) is 2. The van der Waals surface area contributed by atoms with Gasteiger partial charge in [0.2, 0.25) is 0 Å². The quantitative estimate of drug-likeness (QED) is 0.416. The number of rotatable bonds is 8. The monoisotopic (exact) mass is 366 g/mol. The number of benzene rings is 1. The van der Waals surface area contributed by atoms with Crippen LogP contribution < -0.4 is 4.74 Å². The number of aliphatic hydroxyl groups is 1. The van der Waals surface area contributed by atoms with Crippen LogP contribution in [0.5, 0.6) is 11.5 Å². The second-order valence-corrected chi connectivity index (χ2v) is 6.67. The van der Waals surface area contributed by atoms with Crippen molar-refractivity contribution in [1.29, 1.82) is 0 Å². The zero-order chi connectivity index (χ0) is 18.0. The van der Waals surface area contributed by atoms with Gasteiger partial charge in [0.1, 0.15) is 11.7 Å². The second-order valence-electron chi connectivity index (χ2n) is 5.71. The van der Waals surface area contributed by atoms with Gasteiger partial charge in [0.25, 0.3) is 0 Å². The van der Waals surface area contributed by atoms with E-state index in [1.165, 1.54) is 0 Å². The molecular weight excluding hydrogens is 343 g/mol. The number of phenolic OH excluding ortho intramolecular Hbond substituents is 1. The summed E-state index contributed by atoms with van der Waals surface area (Å²) in [7, 11) is 0. The van der Waals surface area contributed by atoms with E-state index in [-0.39, 0.29) is 17.9 Å². The summed E-state index contributed by atoms with van der Waals surface area (Å²) < 4.78 is 17.9. The van der Waals surface area contributed by atoms with Crippen molar-refractivity contribution in [3.8, 4) is 11.5 Å². The van der Waals surface area contributed by atoms with Gasteiger partial charge in [-0.15, -0.1) is 11.8 Å². The number of para-hydroxylation sites is 1. The van der Waals surface area contributed by atoms with E-state index in [1.807, 2.05) is 12.1 Å². The molecule has 1 aliphatic heterocycles. The molecule has 1 aliphatic rings. The molecule has 1 aromatic rings. The molecule has 0 aromatic heterocycles. The van der Waals surface area contributed by atoms with E-state index in [0.29, 0.717) is 37.6 Å². The van der Waals surface area contributed by atoms with Crippen LogP contribution in [0.3, 0.4) is 0 Å². The molecule has 0 spiro atoms. The third kappa shape index (κ3) is 6.68. The first-order chi connectivity index (χ1) is 11.5. The molecule has 0 saturated carbocycles. The maximum atomic E-state index is 10.4. The Kier molecular flexibility index (Phi) is 9.83. The third-order valence-electron chi connectivity index (χ3n) is 3.13. The summed E-state index contributed by atoms with van der Waals surface area (Å²) in [5.41, 5.74) is 0.624. The van der Waals surface area contributed by atoms with Gasteiger partial charge in [0, 0.05) is 19.0 Å². The van der Waals surface area contributed by atoms with Crippen molar-refractivity contribution < 1.29 is 22.9 Å². The third-order valence-corrected chi connectivity index (χ3v) is 4.56. The van der Waals surface area contributed by atoms with E-state index >= 15 is 0 Å². The Labute approximate surface area is 159 Å². The fourth-order valence-electron chi connectivity index (χ4n) is 2.01. The number of thioether (sulfide) groups is 1. The van der Waals surface area contributed by atoms with Crippen LogP contribution in [-0.4, -0.2) is 77.8 Å². The summed E-state index contributed by atoms with van der Waals surface area (Å²) in [5, 5.41) is 19.9. The molecule has 0 saturated heterocycles. The Morgan fingerprint density at radius 3 is 2.67 bits per heavy atom. The number of phenols is 1. The van der Waals surface area contributed by atoms with E-state index in [4.69, 9.17) is 17.8 Å². The number of aromatic hydroxyl groups is 1. The van der Waals surface area contributed by atoms with Crippen LogP contribution >= 0.6 is 11.8 Å². The molecule has 0 amide bonds. The van der Waals surface area contributed by atoms with Gasteiger partial charge in [-0.05, 0) is 32.4 Å². The Hall–Kier alpha value is -0.674. The number of ether oxygens (including phenoxy) is 2. The number of hydrogen-bond acceptors (Lipinski definition) is 6. The number of aliphatic imine (C=N–C) groups is 1. The molecule has 3 N–H and O–H groups in total. The maximum absolute atomic E-state index is 10.4. The van der Waals surface area contributed by atoms with E-state index < -0.39 is 0 Å². The van der Waals surface area contributed by atoms with E-state index in [2.05, 4.69) is 18.8 Å². The molecule has 0 radical (unpaired) electrons. The molecule has 24 heavy (non-hydrogen) atoms. The Balaban J connectivity index is 0.00000139. The summed E-state index contributed by atoms with van der Waals surface area (Å²) >= 11 is 2.51. The molecule has 0 fully saturated rings. The van der Waals surface area contributed by atoms with Crippen molar-refractivity contribution in [1.82, 2.24) is 0 Å². The molecule has 2 rings (SSSR count). The standard InChI is InChI=1S/C16H23NO4S.Mg.H2O/c1-16(2)11-22-15(17-16)12-5-3-6-13(14(12)19)21-10-9-20-8-4-7-18;;/h3,5-6,18-19H,4,7-11H2,1-2H3;;1H2/q;+2;/p-1. The van der Waals surface area contributed by atoms with Crippen LogP contribution in [0.4, 0.5) is 0 Å². The van der Waals surface area contributed by atoms with Crippen molar-refractivity contribution in [3.05, 3.63) is 23.8 Å². The van der Waals surface area contributed by atoms with Crippen LogP contribution in [0.2, 0.25) is 0 Å². The first-order valence-electron chi connectivity index (χ1n) is 7.71. The molecule has 0 atom stereocenters. The van der Waals surface area contributed by atoms with Crippen LogP contribution in [0.15, 0.2) is 23.2 Å². The fourth-order valence-corrected chi connectivity index (χ4v) is 3.20. The summed E-state index contributed by atoms with van der Waals surface area (Å²) in [4.78, 5) is 4.64. The molecule has 1 aromatic carbocycles. The summed E-state index contributed by atoms with van der Waals surface area (Å²) in [6.07, 6.45) is 0.619. The van der Waals surface area contributed by atoms with Gasteiger partial charge in [0.05, 0.1) is 17.7 Å². The Morgan fingerprint density at radius 1 is 1.29 bits per heavy atom. The van der Waals surface area contributed by atoms with Crippen LogP contribution in [0.25, 0.3) is 0 Å². The van der Waals surface area contributed by atoms with Gasteiger partial charge in [0.15, 0.2) is 11.5 Å². The topological polar surface area (TPSA) is 92.7 Å². The molecular formula is C16H24MgNO5S+. The summed E-state index contributed by atoms with van der Waals surface area (Å²) in [6.45, 7) is 5.57. The number of aliphatic hydroxyl groups excluding tert-OH is 1. The number of nitrogens with zero attached hydrogens (tertiary/aromatic N) is 1. The predicted molar refractivity (Wildman–Crippen MR) is 96.9 cm³/mol. The van der Waals surface area contributed by atoms with E-state index in [0.717, 1.165) is 32.5 Å². The Morgan fingerprint density at radius 2 is 2.04 bits per heavy atom. The van der Waals surface area contributed by atoms with Gasteiger partial charge >= 0.3 is 24.9 Å². The van der Waals surface area contributed by atoms with Crippen LogP contribution in [0, 0.1) is 0 Å². The molecule has 130 valence electrons. The summed E-state index contributed by atoms with van der Waals surface area (Å²) in [5.74, 6) is 1.48. The van der Waals surface area contributed by atoms with E-state index in [1.54, 1.807) is 17.8 Å². The first-order valence-corrected chi connectivity index (χ1v) is 9.33. The van der Waals surface area contributed by atoms with Crippen molar-refractivity contribution in [3.63, 3.8) is 0 Å². The van der Waals surface area contributed by atoms with Crippen molar-refractivity contribution in [2.45, 2.75) is 25.8 Å². The normalized spacial score (nSPS) is 15.5. The molecule has 0 aliphatic carbocycles. The zero-order valence-electron chi connectivity index (χ0n) is 14.2. The molecule has 6 nitrogen and oxygen atoms in total. The fraction of sp³-hybridized carbons (Fsp3) is 0.562. The van der Waals surface area contributed by atoms with Gasteiger partial charge in [-0.1, -0.05) is 6.07 Å². The SMILES string of the molecule is CC1(C)CSC(c2cccc(OCCOCCCO)c2O)=N1.[OH+]=[Mg]. The average molecular weight is 367 g/mol. The second kappa shape index (κ2) is 11.0. The van der Waals surface area contributed by atoms with Crippen molar-refractivity contribution >= 4 is 38.5 Å². The van der Waals surface area contributed by atoms with Crippen molar-refractivity contribution in [2.24, 2.45) is 4.99 Å². The minimum absolute atomic E-state index is 0.0934. The molecule has 1 heterocycles.